The van der Waals surface area contributed by atoms with Gasteiger partial charge in [0.25, 0.3) is 0 Å². The van der Waals surface area contributed by atoms with Gasteiger partial charge in [0.15, 0.2) is 0 Å². The molecule has 1 aromatic carbocycles. The first-order valence-corrected chi connectivity index (χ1v) is 6.32. The molecule has 0 aliphatic carbocycles. The second-order valence-corrected chi connectivity index (χ2v) is 4.43. The Kier molecular flexibility index (Phi) is 5.42. The van der Waals surface area contributed by atoms with Crippen LogP contribution in [0.15, 0.2) is 18.2 Å². The maximum absolute atomic E-state index is 13.3. The molecule has 1 rings (SSSR count). The van der Waals surface area contributed by atoms with Gasteiger partial charge in [0, 0.05) is 6.07 Å². The third kappa shape index (κ3) is 3.73. The van der Waals surface area contributed by atoms with Crippen LogP contribution in [-0.4, -0.2) is 19.1 Å². The van der Waals surface area contributed by atoms with Crippen LogP contribution in [0.3, 0.4) is 0 Å². The predicted molar refractivity (Wildman–Crippen MR) is 68.6 cm³/mol. The van der Waals surface area contributed by atoms with Crippen LogP contribution in [0, 0.1) is 11.6 Å². The summed E-state index contributed by atoms with van der Waals surface area (Å²) >= 11 is 0. The van der Waals surface area contributed by atoms with E-state index in [1.165, 1.54) is 0 Å². The zero-order valence-corrected chi connectivity index (χ0v) is 11.4. The molecule has 0 aliphatic heterocycles. The molecule has 0 aliphatic rings. The second-order valence-electron chi connectivity index (χ2n) is 4.43. The Labute approximate surface area is 112 Å². The van der Waals surface area contributed by atoms with Crippen LogP contribution >= 0.6 is 0 Å². The third-order valence-corrected chi connectivity index (χ3v) is 2.85. The third-order valence-electron chi connectivity index (χ3n) is 2.85. The summed E-state index contributed by atoms with van der Waals surface area (Å²) in [5, 5.41) is 2.99. The highest BCUT2D eigenvalue weighted by atomic mass is 19.1. The summed E-state index contributed by atoms with van der Waals surface area (Å²) in [5.41, 5.74) is -1.04. The average Bonchev–Trinajstić information content (AvgIpc) is 2.35. The standard InChI is InChI=1S/C14H19F2NO2/c1-4-6-17-14(3,13(18)19-5-2)10-7-11(15)9-12(16)8-10/h7-9,17H,4-6H2,1-3H3. The second kappa shape index (κ2) is 6.61. The van der Waals surface area contributed by atoms with Gasteiger partial charge in [-0.05, 0) is 44.5 Å². The van der Waals surface area contributed by atoms with E-state index in [2.05, 4.69) is 5.32 Å². The van der Waals surface area contributed by atoms with E-state index in [4.69, 9.17) is 4.74 Å². The Hall–Kier alpha value is -1.49. The summed E-state index contributed by atoms with van der Waals surface area (Å²) in [7, 11) is 0. The number of benzene rings is 1. The first-order valence-electron chi connectivity index (χ1n) is 6.32. The van der Waals surface area contributed by atoms with Gasteiger partial charge in [-0.1, -0.05) is 6.92 Å². The minimum absolute atomic E-state index is 0.208. The van der Waals surface area contributed by atoms with E-state index in [0.717, 1.165) is 24.6 Å². The van der Waals surface area contributed by atoms with Crippen molar-refractivity contribution in [3.63, 3.8) is 0 Å². The normalized spacial score (nSPS) is 13.9. The van der Waals surface area contributed by atoms with Gasteiger partial charge in [0.05, 0.1) is 6.61 Å². The van der Waals surface area contributed by atoms with E-state index < -0.39 is 23.1 Å². The van der Waals surface area contributed by atoms with E-state index >= 15 is 0 Å². The average molecular weight is 271 g/mol. The van der Waals surface area contributed by atoms with Gasteiger partial charge in [0.1, 0.15) is 17.2 Å². The van der Waals surface area contributed by atoms with Crippen molar-refractivity contribution in [2.24, 2.45) is 0 Å². The minimum atomic E-state index is -1.25. The van der Waals surface area contributed by atoms with Crippen LogP contribution in [-0.2, 0) is 15.1 Å². The zero-order valence-electron chi connectivity index (χ0n) is 11.4. The Bertz CT molecular complexity index is 431. The Balaban J connectivity index is 3.17. The number of hydrogen-bond acceptors (Lipinski definition) is 3. The lowest BCUT2D eigenvalue weighted by molar-refractivity contribution is -0.151. The Morgan fingerprint density at radius 3 is 2.32 bits per heavy atom. The van der Waals surface area contributed by atoms with Gasteiger partial charge in [-0.2, -0.15) is 0 Å². The topological polar surface area (TPSA) is 38.3 Å². The number of rotatable bonds is 6. The molecule has 0 bridgehead atoms. The lowest BCUT2D eigenvalue weighted by Gasteiger charge is -2.29. The van der Waals surface area contributed by atoms with Crippen molar-refractivity contribution in [1.29, 1.82) is 0 Å². The maximum atomic E-state index is 13.3. The molecule has 1 unspecified atom stereocenters. The summed E-state index contributed by atoms with van der Waals surface area (Å²) in [6.45, 7) is 5.93. The highest BCUT2D eigenvalue weighted by Crippen LogP contribution is 2.24. The number of nitrogens with one attached hydrogen (secondary N) is 1. The molecule has 0 heterocycles. The Morgan fingerprint density at radius 2 is 1.84 bits per heavy atom. The van der Waals surface area contributed by atoms with E-state index in [1.54, 1.807) is 13.8 Å². The van der Waals surface area contributed by atoms with Gasteiger partial charge < -0.3 is 4.74 Å². The molecule has 0 fully saturated rings. The largest absolute Gasteiger partial charge is 0.464 e. The highest BCUT2D eigenvalue weighted by molar-refractivity contribution is 5.82. The predicted octanol–water partition coefficient (Wildman–Crippen LogP) is 2.74. The number of carbonyl (C=O) groups excluding carboxylic acids is 1. The number of carbonyl (C=O) groups is 1. The molecule has 0 saturated carbocycles. The minimum Gasteiger partial charge on any atom is -0.464 e. The molecule has 0 saturated heterocycles. The lowest BCUT2D eigenvalue weighted by atomic mass is 9.91. The summed E-state index contributed by atoms with van der Waals surface area (Å²) in [5.74, 6) is -1.99. The van der Waals surface area contributed by atoms with Crippen molar-refractivity contribution < 1.29 is 18.3 Å². The maximum Gasteiger partial charge on any atom is 0.330 e. The molecule has 3 nitrogen and oxygen atoms in total. The van der Waals surface area contributed by atoms with Crippen molar-refractivity contribution in [3.05, 3.63) is 35.4 Å². The number of esters is 1. The molecular formula is C14H19F2NO2. The van der Waals surface area contributed by atoms with Crippen molar-refractivity contribution in [3.8, 4) is 0 Å². The fourth-order valence-electron chi connectivity index (χ4n) is 1.79. The molecule has 5 heteroatoms. The van der Waals surface area contributed by atoms with Crippen LogP contribution in [0.2, 0.25) is 0 Å². The van der Waals surface area contributed by atoms with E-state index in [9.17, 15) is 13.6 Å². The lowest BCUT2D eigenvalue weighted by Crippen LogP contribution is -2.48. The van der Waals surface area contributed by atoms with Crippen molar-refractivity contribution >= 4 is 5.97 Å². The van der Waals surface area contributed by atoms with Gasteiger partial charge in [-0.15, -0.1) is 0 Å². The molecule has 0 radical (unpaired) electrons. The number of hydrogen-bond donors (Lipinski definition) is 1. The van der Waals surface area contributed by atoms with Crippen LogP contribution in [0.5, 0.6) is 0 Å². The van der Waals surface area contributed by atoms with E-state index in [0.29, 0.717) is 6.54 Å². The molecule has 0 spiro atoms. The fourth-order valence-corrected chi connectivity index (χ4v) is 1.79. The molecule has 0 amide bonds. The smallest absolute Gasteiger partial charge is 0.330 e. The van der Waals surface area contributed by atoms with E-state index in [-0.39, 0.29) is 12.2 Å². The van der Waals surface area contributed by atoms with E-state index in [1.807, 2.05) is 6.92 Å². The van der Waals surface area contributed by atoms with Gasteiger partial charge >= 0.3 is 5.97 Å². The number of ether oxygens (including phenoxy) is 1. The number of halogens is 2. The summed E-state index contributed by atoms with van der Waals surface area (Å²) in [6, 6.07) is 3.06. The quantitative estimate of drug-likeness (QED) is 0.808. The zero-order chi connectivity index (χ0) is 14.5. The molecular weight excluding hydrogens is 252 g/mol. The van der Waals surface area contributed by atoms with Crippen LogP contribution < -0.4 is 5.32 Å². The van der Waals surface area contributed by atoms with Crippen LogP contribution in [0.4, 0.5) is 8.78 Å². The Morgan fingerprint density at radius 1 is 1.26 bits per heavy atom. The molecule has 1 aromatic rings. The molecule has 1 atom stereocenters. The van der Waals surface area contributed by atoms with Gasteiger partial charge in [0.2, 0.25) is 0 Å². The monoisotopic (exact) mass is 271 g/mol. The van der Waals surface area contributed by atoms with Crippen molar-refractivity contribution in [2.75, 3.05) is 13.2 Å². The SMILES string of the molecule is CCCNC(C)(C(=O)OCC)c1cc(F)cc(F)c1. The fraction of sp³-hybridized carbons (Fsp3) is 0.500. The summed E-state index contributed by atoms with van der Waals surface area (Å²) < 4.78 is 31.6. The van der Waals surface area contributed by atoms with Crippen molar-refractivity contribution in [1.82, 2.24) is 5.32 Å². The molecule has 1 N–H and O–H groups in total. The first kappa shape index (κ1) is 15.6. The van der Waals surface area contributed by atoms with Crippen molar-refractivity contribution in [2.45, 2.75) is 32.7 Å². The van der Waals surface area contributed by atoms with Gasteiger partial charge in [-0.3, -0.25) is 5.32 Å². The van der Waals surface area contributed by atoms with Crippen LogP contribution in [0.1, 0.15) is 32.8 Å². The molecule has 106 valence electrons. The summed E-state index contributed by atoms with van der Waals surface area (Å²) in [6.07, 6.45) is 0.785. The first-order chi connectivity index (χ1) is 8.93. The molecule has 19 heavy (non-hydrogen) atoms. The summed E-state index contributed by atoms with van der Waals surface area (Å²) in [4.78, 5) is 12.1. The van der Waals surface area contributed by atoms with Crippen LogP contribution in [0.25, 0.3) is 0 Å². The van der Waals surface area contributed by atoms with Gasteiger partial charge in [-0.25, -0.2) is 13.6 Å². The highest BCUT2D eigenvalue weighted by Gasteiger charge is 2.36. The molecule has 0 aromatic heterocycles.